The molecule has 1 aliphatic carbocycles. The highest BCUT2D eigenvalue weighted by atomic mass is 14.0. The summed E-state index contributed by atoms with van der Waals surface area (Å²) in [6, 6.07) is 0. The fourth-order valence-corrected chi connectivity index (χ4v) is 0.577. The lowest BCUT2D eigenvalue weighted by molar-refractivity contribution is 1.48. The van der Waals surface area contributed by atoms with Crippen LogP contribution in [0.1, 0.15) is 0 Å². The van der Waals surface area contributed by atoms with Crippen molar-refractivity contribution < 1.29 is 0 Å². The van der Waals surface area contributed by atoms with Crippen LogP contribution in [0, 0.1) is 6.42 Å². The highest BCUT2D eigenvalue weighted by Gasteiger charge is 1.94. The first-order chi connectivity index (χ1) is 3.79. The largest absolute Gasteiger partial charge is 0.120 e. The molecule has 0 aromatic rings. The van der Waals surface area contributed by atoms with Crippen molar-refractivity contribution in [3.8, 4) is 0 Å². The molecule has 1 rings (SSSR count). The second-order valence-electron chi connectivity index (χ2n) is 1.75. The minimum absolute atomic E-state index is 0.970. The SMILES string of the molecule is C=C1[CH]C(=C)C=C=C1. The third-order valence-electron chi connectivity index (χ3n) is 0.908. The Morgan fingerprint density at radius 3 is 1.88 bits per heavy atom. The number of allylic oxidation sites excluding steroid dienone is 3. The second kappa shape index (κ2) is 1.85. The van der Waals surface area contributed by atoms with E-state index >= 15 is 0 Å². The number of hydrogen-bond donors (Lipinski definition) is 0. The number of hydrogen-bond acceptors (Lipinski definition) is 0. The van der Waals surface area contributed by atoms with Crippen LogP contribution >= 0.6 is 0 Å². The molecule has 0 aromatic heterocycles. The standard InChI is InChI=1S/C8H7/c1-7-4-3-5-8(2)6-7/h4-6H,1-2H2. The van der Waals surface area contributed by atoms with Crippen LogP contribution in [0.25, 0.3) is 0 Å². The Hall–Kier alpha value is -1.00. The zero-order chi connectivity index (χ0) is 5.98. The van der Waals surface area contributed by atoms with Gasteiger partial charge in [0.2, 0.25) is 0 Å². The summed E-state index contributed by atoms with van der Waals surface area (Å²) in [5.41, 5.74) is 4.84. The fourth-order valence-electron chi connectivity index (χ4n) is 0.577. The van der Waals surface area contributed by atoms with Gasteiger partial charge in [0.25, 0.3) is 0 Å². The molecule has 0 saturated carbocycles. The highest BCUT2D eigenvalue weighted by molar-refractivity contribution is 5.42. The minimum atomic E-state index is 0.970. The summed E-state index contributed by atoms with van der Waals surface area (Å²) in [5, 5.41) is 0. The van der Waals surface area contributed by atoms with Crippen LogP contribution in [0.2, 0.25) is 0 Å². The van der Waals surface area contributed by atoms with Gasteiger partial charge >= 0.3 is 0 Å². The van der Waals surface area contributed by atoms with E-state index in [1.54, 1.807) is 0 Å². The van der Waals surface area contributed by atoms with Crippen LogP contribution in [0.4, 0.5) is 0 Å². The molecule has 8 heavy (non-hydrogen) atoms. The molecule has 0 aromatic carbocycles. The smallest absolute Gasteiger partial charge is 0.0199 e. The molecule has 0 bridgehead atoms. The molecule has 0 N–H and O–H groups in total. The van der Waals surface area contributed by atoms with E-state index < -0.39 is 0 Å². The maximum Gasteiger partial charge on any atom is 0.0199 e. The van der Waals surface area contributed by atoms with Gasteiger partial charge in [0.05, 0.1) is 0 Å². The van der Waals surface area contributed by atoms with E-state index in [1.165, 1.54) is 0 Å². The van der Waals surface area contributed by atoms with E-state index in [9.17, 15) is 0 Å². The van der Waals surface area contributed by atoms with Gasteiger partial charge in [-0.2, -0.15) is 0 Å². The first-order valence-electron chi connectivity index (χ1n) is 2.44. The Labute approximate surface area is 49.5 Å². The first-order valence-corrected chi connectivity index (χ1v) is 2.44. The molecular weight excluding hydrogens is 96.1 g/mol. The molecule has 0 aliphatic heterocycles. The lowest BCUT2D eigenvalue weighted by Crippen LogP contribution is -1.82. The Bertz CT molecular complexity index is 170. The topological polar surface area (TPSA) is 0 Å². The molecule has 0 heteroatoms. The van der Waals surface area contributed by atoms with Crippen molar-refractivity contribution in [1.29, 1.82) is 0 Å². The monoisotopic (exact) mass is 103 g/mol. The van der Waals surface area contributed by atoms with E-state index in [1.807, 2.05) is 18.6 Å². The van der Waals surface area contributed by atoms with Crippen LogP contribution in [0.15, 0.2) is 42.2 Å². The van der Waals surface area contributed by atoms with Gasteiger partial charge in [-0.15, -0.1) is 5.73 Å². The third kappa shape index (κ3) is 0.988. The van der Waals surface area contributed by atoms with Crippen LogP contribution in [0.3, 0.4) is 0 Å². The van der Waals surface area contributed by atoms with Crippen molar-refractivity contribution >= 4 is 0 Å². The molecule has 0 amide bonds. The number of rotatable bonds is 0. The normalized spacial score (nSPS) is 17.5. The summed E-state index contributed by atoms with van der Waals surface area (Å²) < 4.78 is 0. The van der Waals surface area contributed by atoms with E-state index in [0.717, 1.165) is 11.1 Å². The van der Waals surface area contributed by atoms with Crippen LogP contribution in [0.5, 0.6) is 0 Å². The van der Waals surface area contributed by atoms with Gasteiger partial charge in [-0.05, 0) is 23.3 Å². The van der Waals surface area contributed by atoms with Crippen molar-refractivity contribution in [3.63, 3.8) is 0 Å². The highest BCUT2D eigenvalue weighted by Crippen LogP contribution is 2.10. The zero-order valence-electron chi connectivity index (χ0n) is 4.65. The van der Waals surface area contributed by atoms with Crippen molar-refractivity contribution in [2.75, 3.05) is 0 Å². The summed E-state index contributed by atoms with van der Waals surface area (Å²) in [7, 11) is 0. The minimum Gasteiger partial charge on any atom is -0.120 e. The summed E-state index contributed by atoms with van der Waals surface area (Å²) in [6.45, 7) is 7.42. The maximum atomic E-state index is 3.71. The molecule has 39 valence electrons. The van der Waals surface area contributed by atoms with Crippen LogP contribution < -0.4 is 0 Å². The maximum absolute atomic E-state index is 3.71. The van der Waals surface area contributed by atoms with E-state index in [2.05, 4.69) is 18.9 Å². The van der Waals surface area contributed by atoms with E-state index in [4.69, 9.17) is 0 Å². The molecule has 0 atom stereocenters. The first kappa shape index (κ1) is 5.14. The molecule has 0 saturated heterocycles. The Morgan fingerprint density at radius 1 is 1.12 bits per heavy atom. The quantitative estimate of drug-likeness (QED) is 0.411. The fraction of sp³-hybridized carbons (Fsp3) is 0. The van der Waals surface area contributed by atoms with Crippen molar-refractivity contribution in [2.24, 2.45) is 0 Å². The van der Waals surface area contributed by atoms with Gasteiger partial charge in [-0.3, -0.25) is 0 Å². The predicted molar refractivity (Wildman–Crippen MR) is 35.2 cm³/mol. The molecule has 1 aliphatic rings. The second-order valence-corrected chi connectivity index (χ2v) is 1.75. The molecule has 0 heterocycles. The lowest BCUT2D eigenvalue weighted by atomic mass is 10.0. The van der Waals surface area contributed by atoms with E-state index in [-0.39, 0.29) is 0 Å². The molecule has 0 fully saturated rings. The van der Waals surface area contributed by atoms with Crippen molar-refractivity contribution in [2.45, 2.75) is 0 Å². The Kier molecular flexibility index (Phi) is 1.19. The van der Waals surface area contributed by atoms with Crippen molar-refractivity contribution in [1.82, 2.24) is 0 Å². The van der Waals surface area contributed by atoms with Gasteiger partial charge in [-0.1, -0.05) is 13.2 Å². The van der Waals surface area contributed by atoms with Gasteiger partial charge in [0, 0.05) is 6.42 Å². The van der Waals surface area contributed by atoms with Crippen molar-refractivity contribution in [3.05, 3.63) is 48.6 Å². The third-order valence-corrected chi connectivity index (χ3v) is 0.908. The van der Waals surface area contributed by atoms with Crippen LogP contribution in [-0.2, 0) is 0 Å². The molecule has 0 nitrogen and oxygen atoms in total. The zero-order valence-corrected chi connectivity index (χ0v) is 4.65. The summed E-state index contributed by atoms with van der Waals surface area (Å²) in [6.07, 6.45) is 5.57. The van der Waals surface area contributed by atoms with Gasteiger partial charge < -0.3 is 0 Å². The lowest BCUT2D eigenvalue weighted by Gasteiger charge is -1.99. The van der Waals surface area contributed by atoms with Crippen LogP contribution in [-0.4, -0.2) is 0 Å². The Balaban J connectivity index is 2.92. The molecule has 0 unspecified atom stereocenters. The summed E-state index contributed by atoms with van der Waals surface area (Å²) in [4.78, 5) is 0. The average Bonchev–Trinajstić information content (AvgIpc) is 1.64. The average molecular weight is 103 g/mol. The van der Waals surface area contributed by atoms with Gasteiger partial charge in [0.1, 0.15) is 0 Å². The van der Waals surface area contributed by atoms with Gasteiger partial charge in [-0.25, -0.2) is 0 Å². The molecule has 1 radical (unpaired) electrons. The Morgan fingerprint density at radius 2 is 1.62 bits per heavy atom. The predicted octanol–water partition coefficient (Wildman–Crippen LogP) is 2.03. The van der Waals surface area contributed by atoms with E-state index in [0.29, 0.717) is 0 Å². The summed E-state index contributed by atoms with van der Waals surface area (Å²) >= 11 is 0. The van der Waals surface area contributed by atoms with Gasteiger partial charge in [0.15, 0.2) is 0 Å². The molecule has 0 spiro atoms. The molecular formula is C8H7. The summed E-state index contributed by atoms with van der Waals surface area (Å²) in [5.74, 6) is 0.